The lowest BCUT2D eigenvalue weighted by Gasteiger charge is -2.28. The average molecular weight is 413 g/mol. The standard InChI is InChI=1S/C15H22ClN5S.2ClH/c1-3-10(4-2)22-15-18-12-9-11(16)14(19-13(12)20-15)21-7-5-17-6-8-21;;/h9-10,17H,3-8H2,1-2H3,(H,18,19,20);2*1H. The Morgan fingerprint density at radius 3 is 2.50 bits per heavy atom. The van der Waals surface area contributed by atoms with Crippen LogP contribution < -0.4 is 10.2 Å². The van der Waals surface area contributed by atoms with E-state index in [4.69, 9.17) is 11.6 Å². The van der Waals surface area contributed by atoms with Crippen molar-refractivity contribution in [2.75, 3.05) is 31.1 Å². The maximum atomic E-state index is 6.43. The van der Waals surface area contributed by atoms with Crippen LogP contribution in [0.5, 0.6) is 0 Å². The van der Waals surface area contributed by atoms with Gasteiger partial charge in [0.1, 0.15) is 5.82 Å². The van der Waals surface area contributed by atoms with Gasteiger partial charge in [0.05, 0.1) is 10.5 Å². The van der Waals surface area contributed by atoms with E-state index in [0.29, 0.717) is 10.3 Å². The van der Waals surface area contributed by atoms with Crippen molar-refractivity contribution in [2.24, 2.45) is 0 Å². The van der Waals surface area contributed by atoms with Gasteiger partial charge in [0, 0.05) is 31.4 Å². The third-order valence-electron chi connectivity index (χ3n) is 3.99. The van der Waals surface area contributed by atoms with Crippen molar-refractivity contribution >= 4 is 65.2 Å². The Kier molecular flexibility index (Phi) is 8.95. The number of rotatable bonds is 5. The number of hydrogen-bond acceptors (Lipinski definition) is 5. The molecule has 0 amide bonds. The fourth-order valence-electron chi connectivity index (χ4n) is 2.65. The van der Waals surface area contributed by atoms with E-state index in [9.17, 15) is 0 Å². The molecule has 0 saturated carbocycles. The van der Waals surface area contributed by atoms with E-state index >= 15 is 0 Å². The highest BCUT2D eigenvalue weighted by Gasteiger charge is 2.18. The van der Waals surface area contributed by atoms with E-state index < -0.39 is 0 Å². The molecule has 0 aliphatic carbocycles. The van der Waals surface area contributed by atoms with Crippen LogP contribution in [0.4, 0.5) is 5.82 Å². The highest BCUT2D eigenvalue weighted by molar-refractivity contribution is 7.99. The second-order valence-corrected chi connectivity index (χ2v) is 7.20. The number of aromatic nitrogens is 3. The average Bonchev–Trinajstić information content (AvgIpc) is 2.93. The highest BCUT2D eigenvalue weighted by atomic mass is 35.5. The van der Waals surface area contributed by atoms with Crippen molar-refractivity contribution in [3.05, 3.63) is 11.1 Å². The molecule has 136 valence electrons. The molecule has 0 spiro atoms. The molecule has 2 aromatic heterocycles. The molecule has 2 N–H and O–H groups in total. The number of nitrogens with one attached hydrogen (secondary N) is 2. The zero-order valence-corrected chi connectivity index (χ0v) is 17.0. The number of piperazine rings is 1. The first-order valence-corrected chi connectivity index (χ1v) is 9.15. The molecule has 0 atom stereocenters. The van der Waals surface area contributed by atoms with E-state index in [1.54, 1.807) is 11.8 Å². The number of H-pyrrole nitrogens is 1. The fraction of sp³-hybridized carbons (Fsp3) is 0.600. The lowest BCUT2D eigenvalue weighted by atomic mass is 10.3. The third-order valence-corrected chi connectivity index (χ3v) is 5.69. The number of nitrogens with zero attached hydrogens (tertiary/aromatic N) is 3. The maximum absolute atomic E-state index is 6.43. The first-order chi connectivity index (χ1) is 10.7. The minimum absolute atomic E-state index is 0. The lowest BCUT2D eigenvalue weighted by Crippen LogP contribution is -2.44. The van der Waals surface area contributed by atoms with E-state index in [0.717, 1.165) is 61.2 Å². The molecule has 1 aliphatic heterocycles. The predicted octanol–water partition coefficient (Wildman–Crippen LogP) is 4.15. The summed E-state index contributed by atoms with van der Waals surface area (Å²) in [6.45, 7) is 8.21. The summed E-state index contributed by atoms with van der Waals surface area (Å²) in [5.41, 5.74) is 1.67. The van der Waals surface area contributed by atoms with E-state index in [1.165, 1.54) is 0 Å². The normalized spacial score (nSPS) is 14.6. The summed E-state index contributed by atoms with van der Waals surface area (Å²) < 4.78 is 0. The first-order valence-electron chi connectivity index (χ1n) is 7.89. The maximum Gasteiger partial charge on any atom is 0.180 e. The van der Waals surface area contributed by atoms with E-state index in [1.807, 2.05) is 6.07 Å². The minimum atomic E-state index is 0. The van der Waals surface area contributed by atoms with Crippen LogP contribution in [-0.4, -0.2) is 46.4 Å². The number of hydrogen-bond donors (Lipinski definition) is 2. The van der Waals surface area contributed by atoms with Crippen LogP contribution in [0.15, 0.2) is 11.2 Å². The SMILES string of the molecule is CCC(CC)Sc1nc2nc(N3CCNCC3)c(Cl)cc2[nH]1.Cl.Cl. The molecule has 0 aromatic carbocycles. The third kappa shape index (κ3) is 4.82. The summed E-state index contributed by atoms with van der Waals surface area (Å²) in [7, 11) is 0. The molecule has 1 aliphatic rings. The summed E-state index contributed by atoms with van der Waals surface area (Å²) in [5, 5.41) is 5.56. The van der Waals surface area contributed by atoms with Gasteiger partial charge in [0.25, 0.3) is 0 Å². The zero-order chi connectivity index (χ0) is 15.5. The Labute approximate surface area is 164 Å². The first kappa shape index (κ1) is 21.6. The molecule has 0 bridgehead atoms. The van der Waals surface area contributed by atoms with Crippen molar-refractivity contribution in [1.82, 2.24) is 20.3 Å². The number of imidazole rings is 1. The molecule has 24 heavy (non-hydrogen) atoms. The Morgan fingerprint density at radius 2 is 1.88 bits per heavy atom. The monoisotopic (exact) mass is 411 g/mol. The van der Waals surface area contributed by atoms with Gasteiger partial charge in [-0.3, -0.25) is 0 Å². The molecule has 9 heteroatoms. The van der Waals surface area contributed by atoms with Gasteiger partial charge in [-0.05, 0) is 18.9 Å². The summed E-state index contributed by atoms with van der Waals surface area (Å²) in [5.74, 6) is 0.848. The zero-order valence-electron chi connectivity index (χ0n) is 13.8. The summed E-state index contributed by atoms with van der Waals surface area (Å²) in [6.07, 6.45) is 2.27. The van der Waals surface area contributed by atoms with Gasteiger partial charge < -0.3 is 15.2 Å². The van der Waals surface area contributed by atoms with Gasteiger partial charge in [-0.25, -0.2) is 9.97 Å². The molecule has 1 fully saturated rings. The lowest BCUT2D eigenvalue weighted by molar-refractivity contribution is 0.585. The van der Waals surface area contributed by atoms with Gasteiger partial charge in [-0.2, -0.15) is 0 Å². The van der Waals surface area contributed by atoms with Crippen molar-refractivity contribution < 1.29 is 0 Å². The predicted molar refractivity (Wildman–Crippen MR) is 109 cm³/mol. The molecule has 0 unspecified atom stereocenters. The number of fused-ring (bicyclic) bond motifs is 1. The van der Waals surface area contributed by atoms with Crippen LogP contribution in [0.3, 0.4) is 0 Å². The van der Waals surface area contributed by atoms with Gasteiger partial charge >= 0.3 is 0 Å². The van der Waals surface area contributed by atoms with Gasteiger partial charge in [-0.15, -0.1) is 24.8 Å². The number of aromatic amines is 1. The minimum Gasteiger partial charge on any atom is -0.353 e. The van der Waals surface area contributed by atoms with Crippen LogP contribution in [0, 0.1) is 0 Å². The fourth-order valence-corrected chi connectivity index (χ4v) is 3.88. The number of thioether (sulfide) groups is 1. The molecular formula is C15H24Cl3N5S. The highest BCUT2D eigenvalue weighted by Crippen LogP contribution is 2.30. The van der Waals surface area contributed by atoms with Crippen molar-refractivity contribution in [2.45, 2.75) is 37.1 Å². The second-order valence-electron chi connectivity index (χ2n) is 5.50. The molecule has 3 heterocycles. The number of pyridine rings is 1. The smallest absolute Gasteiger partial charge is 0.180 e. The van der Waals surface area contributed by atoms with Crippen LogP contribution in [0.2, 0.25) is 5.02 Å². The van der Waals surface area contributed by atoms with E-state index in [2.05, 4.69) is 39.0 Å². The summed E-state index contributed by atoms with van der Waals surface area (Å²) >= 11 is 8.22. The Hall–Kier alpha value is -0.400. The van der Waals surface area contributed by atoms with E-state index in [-0.39, 0.29) is 24.8 Å². The van der Waals surface area contributed by atoms with Crippen molar-refractivity contribution in [1.29, 1.82) is 0 Å². The molecule has 2 aromatic rings. The summed E-state index contributed by atoms with van der Waals surface area (Å²) in [6, 6.07) is 1.95. The second kappa shape index (κ2) is 9.92. The van der Waals surface area contributed by atoms with Gasteiger partial charge in [-0.1, -0.05) is 37.2 Å². The summed E-state index contributed by atoms with van der Waals surface area (Å²) in [4.78, 5) is 14.9. The Bertz CT molecular complexity index is 641. The molecule has 1 saturated heterocycles. The van der Waals surface area contributed by atoms with Crippen molar-refractivity contribution in [3.8, 4) is 0 Å². The van der Waals surface area contributed by atoms with Gasteiger partial charge in [0.2, 0.25) is 0 Å². The van der Waals surface area contributed by atoms with Crippen LogP contribution in [0.25, 0.3) is 11.2 Å². The largest absolute Gasteiger partial charge is 0.353 e. The molecular weight excluding hydrogens is 389 g/mol. The molecule has 3 rings (SSSR count). The van der Waals surface area contributed by atoms with Gasteiger partial charge in [0.15, 0.2) is 10.8 Å². The quantitative estimate of drug-likeness (QED) is 0.723. The number of halogens is 3. The van der Waals surface area contributed by atoms with Crippen molar-refractivity contribution in [3.63, 3.8) is 0 Å². The van der Waals surface area contributed by atoms with Crippen LogP contribution >= 0.6 is 48.2 Å². The topological polar surface area (TPSA) is 56.8 Å². The van der Waals surface area contributed by atoms with Crippen LogP contribution in [0.1, 0.15) is 26.7 Å². The Balaban J connectivity index is 0.00000144. The molecule has 0 radical (unpaired) electrons. The molecule has 5 nitrogen and oxygen atoms in total. The Morgan fingerprint density at radius 1 is 1.21 bits per heavy atom. The number of anilines is 1. The van der Waals surface area contributed by atoms with Crippen LogP contribution in [-0.2, 0) is 0 Å².